The van der Waals surface area contributed by atoms with Gasteiger partial charge in [-0.15, -0.1) is 0 Å². The van der Waals surface area contributed by atoms with Gasteiger partial charge in [0, 0.05) is 43.9 Å². The molecule has 1 N–H and O–H groups in total. The molecule has 35 heavy (non-hydrogen) atoms. The maximum Gasteiger partial charge on any atom is 0.223 e. The molecule has 6 heteroatoms. The number of benzene rings is 1. The number of halogens is 1. The standard InChI is InChI=1S/C29H41FN2O3/c1-3-31-28(34)25-18-26(33)29(2)12-9-23-22-8-6-21(17-19(22)5-7-24(23)27(25)29)35-16-4-13-32-14-10-20(30)11-15-32/h6,8,17,20,23-25,27H,3-5,7,9-16,18H2,1-2H3,(H,31,34)/t23-,24-,25+,27-,29-/m1/s1. The van der Waals surface area contributed by atoms with Crippen LogP contribution in [0.25, 0.3) is 0 Å². The largest absolute Gasteiger partial charge is 0.494 e. The number of nitrogens with one attached hydrogen (secondary N) is 1. The molecule has 3 aliphatic carbocycles. The third-order valence-corrected chi connectivity index (χ3v) is 9.52. The summed E-state index contributed by atoms with van der Waals surface area (Å²) >= 11 is 0. The molecule has 1 amide bonds. The van der Waals surface area contributed by atoms with Gasteiger partial charge in [-0.1, -0.05) is 13.0 Å². The molecule has 5 nitrogen and oxygen atoms in total. The van der Waals surface area contributed by atoms with Gasteiger partial charge >= 0.3 is 0 Å². The number of hydrogen-bond donors (Lipinski definition) is 1. The Morgan fingerprint density at radius 2 is 2.03 bits per heavy atom. The first-order chi connectivity index (χ1) is 16.9. The zero-order chi connectivity index (χ0) is 24.6. The number of aryl methyl sites for hydroxylation is 1. The van der Waals surface area contributed by atoms with Crippen LogP contribution in [0.1, 0.15) is 75.8 Å². The van der Waals surface area contributed by atoms with Crippen LogP contribution in [0.5, 0.6) is 5.75 Å². The van der Waals surface area contributed by atoms with Crippen molar-refractivity contribution >= 4 is 11.7 Å². The Kier molecular flexibility index (Phi) is 7.20. The molecule has 0 unspecified atom stereocenters. The van der Waals surface area contributed by atoms with Crippen LogP contribution in [0, 0.1) is 23.2 Å². The van der Waals surface area contributed by atoms with Gasteiger partial charge in [0.05, 0.1) is 6.61 Å². The van der Waals surface area contributed by atoms with E-state index in [9.17, 15) is 14.0 Å². The maximum absolute atomic E-state index is 13.3. The van der Waals surface area contributed by atoms with Crippen molar-refractivity contribution in [2.24, 2.45) is 23.2 Å². The van der Waals surface area contributed by atoms with Crippen LogP contribution >= 0.6 is 0 Å². The fourth-order valence-electron chi connectivity index (χ4n) is 7.69. The zero-order valence-electron chi connectivity index (χ0n) is 21.4. The monoisotopic (exact) mass is 484 g/mol. The van der Waals surface area contributed by atoms with Crippen molar-refractivity contribution in [3.8, 4) is 5.75 Å². The summed E-state index contributed by atoms with van der Waals surface area (Å²) in [7, 11) is 0. The van der Waals surface area contributed by atoms with Gasteiger partial charge < -0.3 is 15.0 Å². The molecule has 0 spiro atoms. The lowest BCUT2D eigenvalue weighted by Gasteiger charge is -2.49. The first-order valence-corrected chi connectivity index (χ1v) is 13.8. The van der Waals surface area contributed by atoms with E-state index < -0.39 is 6.17 Å². The zero-order valence-corrected chi connectivity index (χ0v) is 21.4. The lowest BCUT2D eigenvalue weighted by Crippen LogP contribution is -2.46. The summed E-state index contributed by atoms with van der Waals surface area (Å²) in [5, 5.41) is 3.00. The van der Waals surface area contributed by atoms with Crippen molar-refractivity contribution in [3.63, 3.8) is 0 Å². The Morgan fingerprint density at radius 1 is 1.23 bits per heavy atom. The van der Waals surface area contributed by atoms with Crippen LogP contribution in [0.3, 0.4) is 0 Å². The van der Waals surface area contributed by atoms with Crippen molar-refractivity contribution in [1.82, 2.24) is 10.2 Å². The molecule has 1 saturated heterocycles. The Hall–Kier alpha value is -1.95. The molecule has 0 bridgehead atoms. The molecule has 3 fully saturated rings. The van der Waals surface area contributed by atoms with Gasteiger partial charge in [0.25, 0.3) is 0 Å². The second kappa shape index (κ2) is 10.2. The third-order valence-electron chi connectivity index (χ3n) is 9.52. The van der Waals surface area contributed by atoms with Crippen LogP contribution in [-0.4, -0.2) is 55.5 Å². The molecule has 2 saturated carbocycles. The molecule has 5 atom stereocenters. The highest BCUT2D eigenvalue weighted by molar-refractivity contribution is 5.94. The van der Waals surface area contributed by atoms with E-state index in [1.807, 2.05) is 6.92 Å². The van der Waals surface area contributed by atoms with Crippen LogP contribution in [0.2, 0.25) is 0 Å². The number of ketones is 1. The highest BCUT2D eigenvalue weighted by atomic mass is 19.1. The number of alkyl halides is 1. The van der Waals surface area contributed by atoms with Crippen LogP contribution in [0.4, 0.5) is 4.39 Å². The number of likely N-dealkylation sites (tertiary alicyclic amines) is 1. The topological polar surface area (TPSA) is 58.6 Å². The highest BCUT2D eigenvalue weighted by Gasteiger charge is 2.60. The van der Waals surface area contributed by atoms with Crippen molar-refractivity contribution < 1.29 is 18.7 Å². The van der Waals surface area contributed by atoms with Crippen LogP contribution in [0.15, 0.2) is 18.2 Å². The lowest BCUT2D eigenvalue weighted by atomic mass is 9.54. The normalized spacial score (nSPS) is 33.1. The molecule has 5 rings (SSSR count). The minimum Gasteiger partial charge on any atom is -0.494 e. The summed E-state index contributed by atoms with van der Waals surface area (Å²) in [4.78, 5) is 28.3. The van der Waals surface area contributed by atoms with Crippen LogP contribution < -0.4 is 10.1 Å². The van der Waals surface area contributed by atoms with Gasteiger partial charge in [0.15, 0.2) is 0 Å². The SMILES string of the molecule is CCNC(=O)[C@H]1CC(=O)[C@@]2(C)CC[C@@H]3c4ccc(OCCCN5CCC(F)CC5)cc4CC[C@H]3[C@H]12. The van der Waals surface area contributed by atoms with Crippen molar-refractivity contribution in [2.75, 3.05) is 32.8 Å². The first-order valence-electron chi connectivity index (χ1n) is 13.8. The molecule has 1 heterocycles. The van der Waals surface area contributed by atoms with Crippen molar-refractivity contribution in [3.05, 3.63) is 29.3 Å². The summed E-state index contributed by atoms with van der Waals surface area (Å²) in [5.41, 5.74) is 2.42. The predicted octanol–water partition coefficient (Wildman–Crippen LogP) is 4.68. The molecular weight excluding hydrogens is 443 g/mol. The van der Waals surface area contributed by atoms with E-state index in [4.69, 9.17) is 4.74 Å². The van der Waals surface area contributed by atoms with E-state index >= 15 is 0 Å². The fraction of sp³-hybridized carbons (Fsp3) is 0.724. The van der Waals surface area contributed by atoms with E-state index in [1.54, 1.807) is 0 Å². The Balaban J connectivity index is 1.23. The smallest absolute Gasteiger partial charge is 0.223 e. The quantitative estimate of drug-likeness (QED) is 0.571. The van der Waals surface area contributed by atoms with Gasteiger partial charge in [0.2, 0.25) is 5.91 Å². The van der Waals surface area contributed by atoms with Gasteiger partial charge in [-0.05, 0) is 92.9 Å². The molecule has 0 radical (unpaired) electrons. The van der Waals surface area contributed by atoms with E-state index in [2.05, 4.69) is 35.3 Å². The number of carbonyl (C=O) groups excluding carboxylic acids is 2. The molecule has 1 aromatic carbocycles. The predicted molar refractivity (Wildman–Crippen MR) is 134 cm³/mol. The third kappa shape index (κ3) is 4.75. The van der Waals surface area contributed by atoms with E-state index in [0.717, 1.165) is 57.5 Å². The summed E-state index contributed by atoms with van der Waals surface area (Å²) in [6.45, 7) is 8.04. The number of nitrogens with zero attached hydrogens (tertiary/aromatic N) is 1. The van der Waals surface area contributed by atoms with Gasteiger partial charge in [-0.2, -0.15) is 0 Å². The molecular formula is C29H41FN2O3. The van der Waals surface area contributed by atoms with Crippen LogP contribution in [-0.2, 0) is 16.0 Å². The van der Waals surface area contributed by atoms with E-state index in [1.165, 1.54) is 11.1 Å². The number of amides is 1. The second-order valence-electron chi connectivity index (χ2n) is 11.5. The van der Waals surface area contributed by atoms with Gasteiger partial charge in [-0.25, -0.2) is 4.39 Å². The average Bonchev–Trinajstić information content (AvgIpc) is 3.13. The Labute approximate surface area is 209 Å². The second-order valence-corrected chi connectivity index (χ2v) is 11.5. The van der Waals surface area contributed by atoms with Crippen molar-refractivity contribution in [2.45, 2.75) is 77.3 Å². The molecule has 192 valence electrons. The molecule has 1 aromatic rings. The number of ether oxygens (including phenoxy) is 1. The maximum atomic E-state index is 13.3. The summed E-state index contributed by atoms with van der Waals surface area (Å²) in [6.07, 6.45) is 5.97. The number of fused-ring (bicyclic) bond motifs is 5. The highest BCUT2D eigenvalue weighted by Crippen LogP contribution is 2.61. The molecule has 0 aromatic heterocycles. The number of carbonyl (C=O) groups is 2. The summed E-state index contributed by atoms with van der Waals surface area (Å²) in [6, 6.07) is 6.56. The number of piperidine rings is 1. The number of rotatable bonds is 7. The number of Topliss-reactive ketones (excluding diaryl/α,β-unsaturated/α-hetero) is 1. The Morgan fingerprint density at radius 3 is 2.80 bits per heavy atom. The van der Waals surface area contributed by atoms with Gasteiger partial charge in [-0.3, -0.25) is 9.59 Å². The fourth-order valence-corrected chi connectivity index (χ4v) is 7.69. The van der Waals surface area contributed by atoms with E-state index in [-0.39, 0.29) is 23.2 Å². The minimum atomic E-state index is -0.621. The summed E-state index contributed by atoms with van der Waals surface area (Å²) < 4.78 is 19.4. The Bertz CT molecular complexity index is 944. The van der Waals surface area contributed by atoms with Crippen molar-refractivity contribution in [1.29, 1.82) is 0 Å². The lowest BCUT2D eigenvalue weighted by molar-refractivity contribution is -0.130. The number of hydrogen-bond acceptors (Lipinski definition) is 4. The molecule has 4 aliphatic rings. The average molecular weight is 485 g/mol. The van der Waals surface area contributed by atoms with E-state index in [0.29, 0.717) is 50.0 Å². The van der Waals surface area contributed by atoms with Gasteiger partial charge in [0.1, 0.15) is 17.7 Å². The first kappa shape index (κ1) is 24.7. The minimum absolute atomic E-state index is 0.0684. The molecule has 1 aliphatic heterocycles. The summed E-state index contributed by atoms with van der Waals surface area (Å²) in [5.74, 6) is 2.07.